The van der Waals surface area contributed by atoms with Gasteiger partial charge in [-0.1, -0.05) is 19.1 Å². The van der Waals surface area contributed by atoms with Gasteiger partial charge < -0.3 is 15.4 Å². The van der Waals surface area contributed by atoms with Crippen LogP contribution in [0.15, 0.2) is 12.2 Å². The topological polar surface area (TPSA) is 50.4 Å². The molecule has 0 spiro atoms. The molecule has 4 nitrogen and oxygen atoms in total. The number of hydrogen-bond acceptors (Lipinski definition) is 4. The van der Waals surface area contributed by atoms with E-state index in [2.05, 4.69) is 17.6 Å². The van der Waals surface area contributed by atoms with Gasteiger partial charge in [-0.2, -0.15) is 11.8 Å². The maximum Gasteiger partial charge on any atom is 0.407 e. The Balaban J connectivity index is 2.03. The first-order valence-corrected chi connectivity index (χ1v) is 7.88. The first-order valence-electron chi connectivity index (χ1n) is 6.83. The van der Waals surface area contributed by atoms with Crippen molar-refractivity contribution in [2.24, 2.45) is 0 Å². The van der Waals surface area contributed by atoms with Gasteiger partial charge in [-0.3, -0.25) is 0 Å². The molecule has 1 heterocycles. The quantitative estimate of drug-likeness (QED) is 0.763. The van der Waals surface area contributed by atoms with Gasteiger partial charge in [0.05, 0.1) is 0 Å². The van der Waals surface area contributed by atoms with Crippen molar-refractivity contribution in [3.63, 3.8) is 0 Å². The summed E-state index contributed by atoms with van der Waals surface area (Å²) in [5, 5.41) is 6.96. The molecule has 2 N–H and O–H groups in total. The Bertz CT molecular complexity index is 313. The summed E-state index contributed by atoms with van der Waals surface area (Å²) < 4.78 is 5.14. The van der Waals surface area contributed by atoms with Crippen LogP contribution in [-0.4, -0.2) is 41.8 Å². The van der Waals surface area contributed by atoms with Crippen LogP contribution in [0.2, 0.25) is 0 Å². The van der Waals surface area contributed by atoms with Gasteiger partial charge in [-0.25, -0.2) is 4.79 Å². The molecule has 1 fully saturated rings. The molecule has 1 saturated heterocycles. The lowest BCUT2D eigenvalue weighted by Gasteiger charge is -2.19. The fourth-order valence-corrected chi connectivity index (χ4v) is 3.00. The first kappa shape index (κ1) is 16.4. The van der Waals surface area contributed by atoms with Crippen molar-refractivity contribution >= 4 is 17.9 Å². The van der Waals surface area contributed by atoms with Gasteiger partial charge >= 0.3 is 6.09 Å². The van der Waals surface area contributed by atoms with Gasteiger partial charge in [-0.15, -0.1) is 0 Å². The van der Waals surface area contributed by atoms with E-state index < -0.39 is 5.60 Å². The molecule has 1 aliphatic heterocycles. The molecule has 1 amide bonds. The predicted octanol–water partition coefficient (Wildman–Crippen LogP) is 2.55. The second-order valence-corrected chi connectivity index (χ2v) is 7.31. The summed E-state index contributed by atoms with van der Waals surface area (Å²) in [7, 11) is 0. The SMILES string of the molecule is CC1CC(NC/C=C/CNC(=O)OC(C)(C)C)CS1. The number of alkyl carbamates (subject to hydrolysis) is 1. The molecule has 0 bridgehead atoms. The molecule has 1 aliphatic rings. The summed E-state index contributed by atoms with van der Waals surface area (Å²) in [5.41, 5.74) is -0.438. The second kappa shape index (κ2) is 7.80. The smallest absolute Gasteiger partial charge is 0.407 e. The Morgan fingerprint density at radius 1 is 1.37 bits per heavy atom. The van der Waals surface area contributed by atoms with Gasteiger partial charge in [-0.05, 0) is 27.2 Å². The highest BCUT2D eigenvalue weighted by molar-refractivity contribution is 8.00. The highest BCUT2D eigenvalue weighted by atomic mass is 32.2. The fourth-order valence-electron chi connectivity index (χ4n) is 1.82. The highest BCUT2D eigenvalue weighted by Crippen LogP contribution is 2.25. The van der Waals surface area contributed by atoms with E-state index in [0.29, 0.717) is 12.6 Å². The van der Waals surface area contributed by atoms with Gasteiger partial charge in [0.15, 0.2) is 0 Å². The van der Waals surface area contributed by atoms with E-state index in [1.54, 1.807) is 0 Å². The van der Waals surface area contributed by atoms with Crippen LogP contribution in [0.5, 0.6) is 0 Å². The highest BCUT2D eigenvalue weighted by Gasteiger charge is 2.20. The maximum atomic E-state index is 11.4. The molecule has 110 valence electrons. The Morgan fingerprint density at radius 2 is 2.05 bits per heavy atom. The van der Waals surface area contributed by atoms with E-state index >= 15 is 0 Å². The minimum Gasteiger partial charge on any atom is -0.444 e. The van der Waals surface area contributed by atoms with Crippen molar-refractivity contribution in [2.75, 3.05) is 18.8 Å². The van der Waals surface area contributed by atoms with Crippen LogP contribution in [0.25, 0.3) is 0 Å². The number of hydrogen-bond donors (Lipinski definition) is 2. The van der Waals surface area contributed by atoms with Gasteiger partial charge in [0.2, 0.25) is 0 Å². The molecule has 0 aromatic heterocycles. The summed E-state index contributed by atoms with van der Waals surface area (Å²) in [6.45, 7) is 9.19. The van der Waals surface area contributed by atoms with Gasteiger partial charge in [0, 0.05) is 30.1 Å². The molecule has 0 radical (unpaired) electrons. The predicted molar refractivity (Wildman–Crippen MR) is 81.7 cm³/mol. The lowest BCUT2D eigenvalue weighted by molar-refractivity contribution is 0.0534. The third kappa shape index (κ3) is 8.16. The molecule has 0 aromatic carbocycles. The number of ether oxygens (including phenoxy) is 1. The number of thioether (sulfide) groups is 1. The summed E-state index contributed by atoms with van der Waals surface area (Å²) in [4.78, 5) is 11.4. The normalized spacial score (nSPS) is 23.8. The fraction of sp³-hybridized carbons (Fsp3) is 0.786. The lowest BCUT2D eigenvalue weighted by atomic mass is 10.2. The molecule has 0 aliphatic carbocycles. The molecule has 2 unspecified atom stereocenters. The summed E-state index contributed by atoms with van der Waals surface area (Å²) in [6, 6.07) is 0.628. The molecular formula is C14H26N2O2S. The van der Waals surface area contributed by atoms with Gasteiger partial charge in [0.1, 0.15) is 5.60 Å². The van der Waals surface area contributed by atoms with Gasteiger partial charge in [0.25, 0.3) is 0 Å². The zero-order valence-electron chi connectivity index (χ0n) is 12.4. The van der Waals surface area contributed by atoms with Crippen LogP contribution < -0.4 is 10.6 Å². The van der Waals surface area contributed by atoms with E-state index in [1.807, 2.05) is 44.7 Å². The van der Waals surface area contributed by atoms with E-state index in [0.717, 1.165) is 11.8 Å². The standard InChI is InChI=1S/C14H26N2O2S/c1-11-9-12(10-19-11)15-7-5-6-8-16-13(17)18-14(2,3)4/h5-6,11-12,15H,7-10H2,1-4H3,(H,16,17)/b6-5+. The van der Waals surface area contributed by atoms with Crippen LogP contribution in [0.4, 0.5) is 4.79 Å². The number of nitrogens with one attached hydrogen (secondary N) is 2. The monoisotopic (exact) mass is 286 g/mol. The van der Waals surface area contributed by atoms with Crippen LogP contribution in [0, 0.1) is 0 Å². The van der Waals surface area contributed by atoms with E-state index in [4.69, 9.17) is 4.74 Å². The number of rotatable bonds is 5. The van der Waals surface area contributed by atoms with Crippen molar-refractivity contribution in [3.8, 4) is 0 Å². The molecule has 19 heavy (non-hydrogen) atoms. The molecule has 5 heteroatoms. The maximum absolute atomic E-state index is 11.4. The average Bonchev–Trinajstić information content (AvgIpc) is 2.67. The number of carbonyl (C=O) groups is 1. The average molecular weight is 286 g/mol. The van der Waals surface area contributed by atoms with Crippen molar-refractivity contribution in [3.05, 3.63) is 12.2 Å². The minimum absolute atomic E-state index is 0.369. The zero-order chi connectivity index (χ0) is 14.3. The second-order valence-electron chi connectivity index (χ2n) is 5.84. The largest absolute Gasteiger partial charge is 0.444 e. The number of amides is 1. The first-order chi connectivity index (χ1) is 8.87. The van der Waals surface area contributed by atoms with E-state index in [1.165, 1.54) is 12.2 Å². The molecule has 0 saturated carbocycles. The van der Waals surface area contributed by atoms with E-state index in [9.17, 15) is 4.79 Å². The summed E-state index contributed by atoms with van der Waals surface area (Å²) in [5.74, 6) is 1.20. The zero-order valence-corrected chi connectivity index (χ0v) is 13.2. The lowest BCUT2D eigenvalue weighted by Crippen LogP contribution is -2.32. The third-order valence-electron chi connectivity index (χ3n) is 2.65. The Morgan fingerprint density at radius 3 is 2.63 bits per heavy atom. The Hall–Kier alpha value is -0.680. The minimum atomic E-state index is -0.438. The van der Waals surface area contributed by atoms with Crippen molar-refractivity contribution < 1.29 is 9.53 Å². The van der Waals surface area contributed by atoms with Crippen LogP contribution in [0.1, 0.15) is 34.1 Å². The molecule has 0 aromatic rings. The van der Waals surface area contributed by atoms with E-state index in [-0.39, 0.29) is 6.09 Å². The molecular weight excluding hydrogens is 260 g/mol. The van der Waals surface area contributed by atoms with Crippen LogP contribution in [-0.2, 0) is 4.74 Å². The molecule has 2 atom stereocenters. The van der Waals surface area contributed by atoms with Crippen LogP contribution >= 0.6 is 11.8 Å². The summed E-state index contributed by atoms with van der Waals surface area (Å²) >= 11 is 2.02. The van der Waals surface area contributed by atoms with Crippen molar-refractivity contribution in [2.45, 2.75) is 51.0 Å². The van der Waals surface area contributed by atoms with Crippen molar-refractivity contribution in [1.82, 2.24) is 10.6 Å². The third-order valence-corrected chi connectivity index (χ3v) is 4.01. The summed E-state index contributed by atoms with van der Waals surface area (Å²) in [6.07, 6.45) is 4.87. The number of carbonyl (C=O) groups excluding carboxylic acids is 1. The van der Waals surface area contributed by atoms with Crippen LogP contribution in [0.3, 0.4) is 0 Å². The van der Waals surface area contributed by atoms with Crippen molar-refractivity contribution in [1.29, 1.82) is 0 Å². The molecule has 1 rings (SSSR count). The Kier molecular flexibility index (Phi) is 6.72. The Labute approximate surface area is 120 Å².